The number of ether oxygens (including phenoxy) is 2. The molecule has 0 atom stereocenters. The van der Waals surface area contributed by atoms with Gasteiger partial charge in [0.25, 0.3) is 0 Å². The Morgan fingerprint density at radius 2 is 1.90 bits per heavy atom. The van der Waals surface area contributed by atoms with E-state index in [1.54, 1.807) is 18.2 Å². The maximum atomic E-state index is 11.8. The molecule has 1 heterocycles. The van der Waals surface area contributed by atoms with Gasteiger partial charge in [0.05, 0.1) is 5.75 Å². The minimum absolute atomic E-state index is 0.102. The Bertz CT molecular complexity index is 627. The fourth-order valence-electron chi connectivity index (χ4n) is 1.75. The summed E-state index contributed by atoms with van der Waals surface area (Å²) in [4.78, 5) is 11.8. The number of hydrogen-bond acceptors (Lipinski definition) is 5. The number of benzene rings is 1. The van der Waals surface area contributed by atoms with Crippen molar-refractivity contribution in [1.82, 2.24) is 4.31 Å². The van der Waals surface area contributed by atoms with E-state index < -0.39 is 10.0 Å². The smallest absolute Gasteiger partial charge is 0.225 e. The van der Waals surface area contributed by atoms with Crippen LogP contribution in [0.3, 0.4) is 0 Å². The second-order valence-electron chi connectivity index (χ2n) is 4.76. The van der Waals surface area contributed by atoms with Gasteiger partial charge in [-0.2, -0.15) is 0 Å². The Morgan fingerprint density at radius 1 is 1.24 bits per heavy atom. The zero-order chi connectivity index (χ0) is 15.5. The van der Waals surface area contributed by atoms with Crippen molar-refractivity contribution in [1.29, 1.82) is 0 Å². The molecule has 0 aliphatic carbocycles. The third-order valence-electron chi connectivity index (χ3n) is 2.97. The largest absolute Gasteiger partial charge is 0.486 e. The lowest BCUT2D eigenvalue weighted by Crippen LogP contribution is -2.27. The van der Waals surface area contributed by atoms with E-state index in [1.807, 2.05) is 0 Å². The lowest BCUT2D eigenvalue weighted by atomic mass is 10.2. The number of hydrogen-bond donors (Lipinski definition) is 1. The summed E-state index contributed by atoms with van der Waals surface area (Å²) in [6.07, 6.45) is -0.102. The van der Waals surface area contributed by atoms with E-state index in [-0.39, 0.29) is 18.1 Å². The SMILES string of the molecule is CN(C)S(=O)(=O)CCC(=O)Nc1ccc2c(c1)OCCO2. The van der Waals surface area contributed by atoms with Crippen molar-refractivity contribution in [2.75, 3.05) is 38.4 Å². The molecule has 116 valence electrons. The van der Waals surface area contributed by atoms with Crippen molar-refractivity contribution < 1.29 is 22.7 Å². The summed E-state index contributed by atoms with van der Waals surface area (Å²) >= 11 is 0. The van der Waals surface area contributed by atoms with Crippen molar-refractivity contribution in [2.24, 2.45) is 0 Å². The Kier molecular flexibility index (Phi) is 4.69. The molecule has 1 aromatic rings. The minimum Gasteiger partial charge on any atom is -0.486 e. The van der Waals surface area contributed by atoms with Crippen molar-refractivity contribution in [2.45, 2.75) is 6.42 Å². The average Bonchev–Trinajstić information content (AvgIpc) is 2.45. The number of carbonyl (C=O) groups is 1. The number of fused-ring (bicyclic) bond motifs is 1. The minimum atomic E-state index is -3.37. The Balaban J connectivity index is 1.94. The van der Waals surface area contributed by atoms with Crippen LogP contribution in [0.5, 0.6) is 11.5 Å². The van der Waals surface area contributed by atoms with Gasteiger partial charge >= 0.3 is 0 Å². The molecular formula is C13H18N2O5S. The van der Waals surface area contributed by atoms with E-state index in [1.165, 1.54) is 14.1 Å². The van der Waals surface area contributed by atoms with E-state index >= 15 is 0 Å². The summed E-state index contributed by atoms with van der Waals surface area (Å²) < 4.78 is 35.1. The van der Waals surface area contributed by atoms with Crippen LogP contribution < -0.4 is 14.8 Å². The van der Waals surface area contributed by atoms with Crippen LogP contribution in [0.4, 0.5) is 5.69 Å². The number of amides is 1. The Hall–Kier alpha value is -1.80. The standard InChI is InChI=1S/C13H18N2O5S/c1-15(2)21(17,18)8-5-13(16)14-10-3-4-11-12(9-10)20-7-6-19-11/h3-4,9H,5-8H2,1-2H3,(H,14,16). The van der Waals surface area contributed by atoms with Gasteiger partial charge < -0.3 is 14.8 Å². The van der Waals surface area contributed by atoms with Gasteiger partial charge in [-0.3, -0.25) is 4.79 Å². The highest BCUT2D eigenvalue weighted by Crippen LogP contribution is 2.32. The van der Waals surface area contributed by atoms with Gasteiger partial charge in [-0.15, -0.1) is 0 Å². The van der Waals surface area contributed by atoms with E-state index in [2.05, 4.69) is 5.32 Å². The topological polar surface area (TPSA) is 84.9 Å². The summed E-state index contributed by atoms with van der Waals surface area (Å²) in [5.41, 5.74) is 0.548. The van der Waals surface area contributed by atoms with Crippen molar-refractivity contribution in [3.05, 3.63) is 18.2 Å². The summed E-state index contributed by atoms with van der Waals surface area (Å²) in [5, 5.41) is 2.65. The molecule has 0 bridgehead atoms. The molecule has 0 spiro atoms. The normalized spacial score (nSPS) is 14.0. The fraction of sp³-hybridized carbons (Fsp3) is 0.462. The highest BCUT2D eigenvalue weighted by molar-refractivity contribution is 7.89. The molecule has 1 aliphatic rings. The number of nitrogens with zero attached hydrogens (tertiary/aromatic N) is 1. The molecule has 8 heteroatoms. The zero-order valence-electron chi connectivity index (χ0n) is 12.0. The second kappa shape index (κ2) is 6.31. The lowest BCUT2D eigenvalue weighted by Gasteiger charge is -2.19. The first-order chi connectivity index (χ1) is 9.88. The summed E-state index contributed by atoms with van der Waals surface area (Å²) in [6.45, 7) is 0.965. The first kappa shape index (κ1) is 15.6. The van der Waals surface area contributed by atoms with Crippen LogP contribution in [0.1, 0.15) is 6.42 Å². The van der Waals surface area contributed by atoms with Crippen LogP contribution >= 0.6 is 0 Å². The molecule has 7 nitrogen and oxygen atoms in total. The third kappa shape index (κ3) is 4.08. The van der Waals surface area contributed by atoms with Crippen LogP contribution in [0, 0.1) is 0 Å². The lowest BCUT2D eigenvalue weighted by molar-refractivity contribution is -0.115. The van der Waals surface area contributed by atoms with Gasteiger partial charge in [0.15, 0.2) is 11.5 Å². The highest BCUT2D eigenvalue weighted by atomic mass is 32.2. The number of nitrogens with one attached hydrogen (secondary N) is 1. The number of rotatable bonds is 5. The van der Waals surface area contributed by atoms with E-state index in [0.717, 1.165) is 4.31 Å². The summed E-state index contributed by atoms with van der Waals surface area (Å²) in [5.74, 6) is 0.614. The van der Waals surface area contributed by atoms with Crippen LogP contribution in [0.2, 0.25) is 0 Å². The predicted octanol–water partition coefficient (Wildman–Crippen LogP) is 0.678. The molecule has 21 heavy (non-hydrogen) atoms. The van der Waals surface area contributed by atoms with Gasteiger partial charge in [0.1, 0.15) is 13.2 Å². The maximum absolute atomic E-state index is 11.8. The van der Waals surface area contributed by atoms with E-state index in [0.29, 0.717) is 30.4 Å². The van der Waals surface area contributed by atoms with Gasteiger partial charge in [-0.25, -0.2) is 12.7 Å². The number of anilines is 1. The molecule has 1 aromatic carbocycles. The first-order valence-electron chi connectivity index (χ1n) is 6.48. The van der Waals surface area contributed by atoms with Gasteiger partial charge in [0, 0.05) is 32.3 Å². The molecule has 0 fully saturated rings. The molecule has 2 rings (SSSR count). The molecule has 0 aromatic heterocycles. The zero-order valence-corrected chi connectivity index (χ0v) is 12.8. The van der Waals surface area contributed by atoms with Gasteiger partial charge in [-0.1, -0.05) is 0 Å². The fourth-order valence-corrected chi connectivity index (χ4v) is 2.56. The molecule has 0 saturated heterocycles. The van der Waals surface area contributed by atoms with Crippen LogP contribution in [0.15, 0.2) is 18.2 Å². The monoisotopic (exact) mass is 314 g/mol. The van der Waals surface area contributed by atoms with Crippen LogP contribution in [0.25, 0.3) is 0 Å². The third-order valence-corrected chi connectivity index (χ3v) is 4.80. The van der Waals surface area contributed by atoms with E-state index in [9.17, 15) is 13.2 Å². The van der Waals surface area contributed by atoms with E-state index in [4.69, 9.17) is 9.47 Å². The van der Waals surface area contributed by atoms with Gasteiger partial charge in [-0.05, 0) is 12.1 Å². The molecule has 0 radical (unpaired) electrons. The quantitative estimate of drug-likeness (QED) is 0.864. The van der Waals surface area contributed by atoms with Gasteiger partial charge in [0.2, 0.25) is 15.9 Å². The predicted molar refractivity (Wildman–Crippen MR) is 78.2 cm³/mol. The maximum Gasteiger partial charge on any atom is 0.225 e. The van der Waals surface area contributed by atoms with Crippen molar-refractivity contribution in [3.8, 4) is 11.5 Å². The Morgan fingerprint density at radius 3 is 2.57 bits per heavy atom. The second-order valence-corrected chi connectivity index (χ2v) is 7.06. The summed E-state index contributed by atoms with van der Waals surface area (Å²) in [7, 11) is -0.495. The first-order valence-corrected chi connectivity index (χ1v) is 8.09. The average molecular weight is 314 g/mol. The van der Waals surface area contributed by atoms with Crippen molar-refractivity contribution >= 4 is 21.6 Å². The van der Waals surface area contributed by atoms with Crippen LogP contribution in [-0.4, -0.2) is 51.7 Å². The molecule has 0 saturated carbocycles. The molecule has 0 unspecified atom stereocenters. The highest BCUT2D eigenvalue weighted by Gasteiger charge is 2.17. The molecule has 1 N–H and O–H groups in total. The molecule has 1 amide bonds. The molecular weight excluding hydrogens is 296 g/mol. The summed E-state index contributed by atoms with van der Waals surface area (Å²) in [6, 6.07) is 5.05. The molecule has 1 aliphatic heterocycles. The number of carbonyl (C=O) groups excluding carboxylic acids is 1. The number of sulfonamides is 1. The van der Waals surface area contributed by atoms with Crippen LogP contribution in [-0.2, 0) is 14.8 Å². The Labute approximate surface area is 123 Å². The van der Waals surface area contributed by atoms with Crippen molar-refractivity contribution in [3.63, 3.8) is 0 Å².